The average molecular weight is 460 g/mol. The van der Waals surface area contributed by atoms with Crippen molar-refractivity contribution in [2.75, 3.05) is 63.5 Å². The van der Waals surface area contributed by atoms with Crippen LogP contribution in [0, 0.1) is 0 Å². The minimum absolute atomic E-state index is 0.164. The van der Waals surface area contributed by atoms with E-state index in [0.717, 1.165) is 56.7 Å². The second-order valence-electron chi connectivity index (χ2n) is 7.99. The average Bonchev–Trinajstić information content (AvgIpc) is 3.27. The first-order valence-corrected chi connectivity index (χ1v) is 11.7. The standard InChI is InChI=1S/C22H29N5O4S/c1-25-7-9-26(10-8-25)27-19-6-4-5-18(19)21(24-22(27)29)32-14-20(28)23-15-11-16(30-2)13-17(12-15)31-3/h11-13H,4-10,14H2,1-3H3,(H,23,28). The first-order valence-electron chi connectivity index (χ1n) is 10.7. The lowest BCUT2D eigenvalue weighted by Crippen LogP contribution is -2.54. The van der Waals surface area contributed by atoms with E-state index >= 15 is 0 Å². The van der Waals surface area contributed by atoms with Crippen molar-refractivity contribution in [3.05, 3.63) is 39.9 Å². The number of nitrogens with zero attached hydrogens (tertiary/aromatic N) is 4. The fourth-order valence-electron chi connectivity index (χ4n) is 4.13. The quantitative estimate of drug-likeness (QED) is 0.491. The van der Waals surface area contributed by atoms with Crippen molar-refractivity contribution in [1.29, 1.82) is 0 Å². The number of hydrogen-bond acceptors (Lipinski definition) is 8. The van der Waals surface area contributed by atoms with Gasteiger partial charge in [-0.25, -0.2) is 9.47 Å². The number of methoxy groups -OCH3 is 2. The summed E-state index contributed by atoms with van der Waals surface area (Å²) in [5.74, 6) is 1.18. The number of nitrogens with one attached hydrogen (secondary N) is 1. The Balaban J connectivity index is 1.47. The Morgan fingerprint density at radius 3 is 2.44 bits per heavy atom. The molecule has 0 bridgehead atoms. The number of anilines is 1. The smallest absolute Gasteiger partial charge is 0.367 e. The molecular formula is C22H29N5O4S. The second kappa shape index (κ2) is 9.83. The van der Waals surface area contributed by atoms with Crippen LogP contribution in [0.2, 0.25) is 0 Å². The molecule has 0 unspecified atom stereocenters. The molecular weight excluding hydrogens is 430 g/mol. The number of fused-ring (bicyclic) bond motifs is 1. The maximum Gasteiger partial charge on any atom is 0.367 e. The molecule has 2 aromatic rings. The van der Waals surface area contributed by atoms with Gasteiger partial charge < -0.3 is 24.7 Å². The van der Waals surface area contributed by atoms with Crippen molar-refractivity contribution in [3.63, 3.8) is 0 Å². The van der Waals surface area contributed by atoms with E-state index in [-0.39, 0.29) is 17.3 Å². The van der Waals surface area contributed by atoms with Gasteiger partial charge in [-0.2, -0.15) is 4.98 Å². The van der Waals surface area contributed by atoms with Crippen LogP contribution in [0.25, 0.3) is 0 Å². The van der Waals surface area contributed by atoms with Crippen molar-refractivity contribution in [3.8, 4) is 11.5 Å². The number of carbonyl (C=O) groups excluding carboxylic acids is 1. The van der Waals surface area contributed by atoms with Crippen molar-refractivity contribution < 1.29 is 14.3 Å². The monoisotopic (exact) mass is 459 g/mol. The number of aromatic nitrogens is 2. The lowest BCUT2D eigenvalue weighted by atomic mass is 10.2. The van der Waals surface area contributed by atoms with Crippen LogP contribution in [0.3, 0.4) is 0 Å². The number of rotatable bonds is 7. The molecule has 0 radical (unpaired) electrons. The third-order valence-electron chi connectivity index (χ3n) is 5.82. The molecule has 2 aliphatic rings. The molecule has 0 saturated carbocycles. The third kappa shape index (κ3) is 4.86. The van der Waals surface area contributed by atoms with Crippen LogP contribution < -0.4 is 25.5 Å². The zero-order valence-corrected chi connectivity index (χ0v) is 19.5. The molecule has 2 heterocycles. The SMILES string of the molecule is COc1cc(NC(=O)CSc2nc(=O)n(N3CCN(C)CC3)c3c2CCC3)cc(OC)c1. The Hall–Kier alpha value is -2.72. The molecule has 1 saturated heterocycles. The lowest BCUT2D eigenvalue weighted by molar-refractivity contribution is -0.113. The zero-order chi connectivity index (χ0) is 22.7. The van der Waals surface area contributed by atoms with E-state index < -0.39 is 0 Å². The first kappa shape index (κ1) is 22.5. The molecule has 1 amide bonds. The van der Waals surface area contributed by atoms with Gasteiger partial charge in [0, 0.05) is 55.6 Å². The molecule has 172 valence electrons. The Morgan fingerprint density at radius 2 is 1.78 bits per heavy atom. The van der Waals surface area contributed by atoms with Gasteiger partial charge in [0.05, 0.1) is 25.7 Å². The third-order valence-corrected chi connectivity index (χ3v) is 6.84. The Morgan fingerprint density at radius 1 is 1.09 bits per heavy atom. The number of benzene rings is 1. The molecule has 9 nitrogen and oxygen atoms in total. The summed E-state index contributed by atoms with van der Waals surface area (Å²) < 4.78 is 12.3. The summed E-state index contributed by atoms with van der Waals surface area (Å²) in [6.07, 6.45) is 2.74. The van der Waals surface area contributed by atoms with E-state index in [4.69, 9.17) is 9.47 Å². The van der Waals surface area contributed by atoms with Crippen molar-refractivity contribution >= 4 is 23.4 Å². The highest BCUT2D eigenvalue weighted by Gasteiger charge is 2.26. The molecule has 1 aliphatic heterocycles. The molecule has 1 N–H and O–H groups in total. The maximum atomic E-state index is 12.9. The van der Waals surface area contributed by atoms with Crippen molar-refractivity contribution in [2.45, 2.75) is 24.3 Å². The van der Waals surface area contributed by atoms with E-state index in [1.165, 1.54) is 11.8 Å². The van der Waals surface area contributed by atoms with Crippen molar-refractivity contribution in [1.82, 2.24) is 14.6 Å². The van der Waals surface area contributed by atoms with Crippen LogP contribution in [0.4, 0.5) is 5.69 Å². The molecule has 32 heavy (non-hydrogen) atoms. The second-order valence-corrected chi connectivity index (χ2v) is 8.95. The highest BCUT2D eigenvalue weighted by atomic mass is 32.2. The van der Waals surface area contributed by atoms with Crippen LogP contribution in [0.15, 0.2) is 28.0 Å². The van der Waals surface area contributed by atoms with Crippen LogP contribution in [0.5, 0.6) is 11.5 Å². The number of thioether (sulfide) groups is 1. The summed E-state index contributed by atoms with van der Waals surface area (Å²) in [5, 5.41) is 5.65. The van der Waals surface area contributed by atoms with Crippen LogP contribution in [-0.2, 0) is 17.6 Å². The van der Waals surface area contributed by atoms with Gasteiger partial charge in [-0.1, -0.05) is 11.8 Å². The number of carbonyl (C=O) groups is 1. The summed E-state index contributed by atoms with van der Waals surface area (Å²) in [4.78, 5) is 32.1. The van der Waals surface area contributed by atoms with E-state index in [2.05, 4.69) is 27.3 Å². The number of hydrogen-bond donors (Lipinski definition) is 1. The lowest BCUT2D eigenvalue weighted by Gasteiger charge is -2.35. The number of likely N-dealkylation sites (N-methyl/N-ethyl adjacent to an activating group) is 1. The highest BCUT2D eigenvalue weighted by Crippen LogP contribution is 2.30. The van der Waals surface area contributed by atoms with Gasteiger partial charge in [-0.05, 0) is 26.3 Å². The van der Waals surface area contributed by atoms with E-state index in [1.807, 2.05) is 0 Å². The van der Waals surface area contributed by atoms with Gasteiger partial charge in [0.2, 0.25) is 5.91 Å². The fraction of sp³-hybridized carbons (Fsp3) is 0.500. The van der Waals surface area contributed by atoms with Crippen molar-refractivity contribution in [2.24, 2.45) is 0 Å². The first-order chi connectivity index (χ1) is 15.5. The van der Waals surface area contributed by atoms with Crippen LogP contribution in [-0.4, -0.2) is 73.7 Å². The number of amides is 1. The number of ether oxygens (including phenoxy) is 2. The topological polar surface area (TPSA) is 88.9 Å². The van der Waals surface area contributed by atoms with E-state index in [9.17, 15) is 9.59 Å². The van der Waals surface area contributed by atoms with Crippen LogP contribution in [0.1, 0.15) is 17.7 Å². The normalized spacial score (nSPS) is 16.0. The Bertz CT molecular complexity index is 1030. The van der Waals surface area contributed by atoms with E-state index in [1.54, 1.807) is 37.1 Å². The predicted molar refractivity (Wildman–Crippen MR) is 125 cm³/mol. The zero-order valence-electron chi connectivity index (χ0n) is 18.7. The minimum Gasteiger partial charge on any atom is -0.497 e. The predicted octanol–water partition coefficient (Wildman–Crippen LogP) is 1.36. The summed E-state index contributed by atoms with van der Waals surface area (Å²) in [5.41, 5.74) is 2.49. The van der Waals surface area contributed by atoms with Gasteiger partial charge >= 0.3 is 5.69 Å². The molecule has 1 aromatic heterocycles. The molecule has 0 atom stereocenters. The molecule has 1 aliphatic carbocycles. The summed E-state index contributed by atoms with van der Waals surface area (Å²) >= 11 is 1.32. The summed E-state index contributed by atoms with van der Waals surface area (Å²) in [6.45, 7) is 3.47. The summed E-state index contributed by atoms with van der Waals surface area (Å²) in [6, 6.07) is 5.21. The minimum atomic E-state index is -0.254. The van der Waals surface area contributed by atoms with Gasteiger partial charge in [0.15, 0.2) is 0 Å². The van der Waals surface area contributed by atoms with E-state index in [0.29, 0.717) is 22.2 Å². The molecule has 10 heteroatoms. The van der Waals surface area contributed by atoms with Gasteiger partial charge in [0.25, 0.3) is 0 Å². The van der Waals surface area contributed by atoms with Gasteiger partial charge in [-0.15, -0.1) is 0 Å². The highest BCUT2D eigenvalue weighted by molar-refractivity contribution is 8.00. The Labute approximate surface area is 191 Å². The number of piperazine rings is 1. The van der Waals surface area contributed by atoms with Gasteiger partial charge in [-0.3, -0.25) is 4.79 Å². The molecule has 1 fully saturated rings. The molecule has 1 aromatic carbocycles. The summed E-state index contributed by atoms with van der Waals surface area (Å²) in [7, 11) is 5.22. The van der Waals surface area contributed by atoms with Crippen LogP contribution >= 0.6 is 11.8 Å². The fourth-order valence-corrected chi connectivity index (χ4v) is 5.00. The maximum absolute atomic E-state index is 12.9. The largest absolute Gasteiger partial charge is 0.497 e. The molecule has 0 spiro atoms. The molecule has 4 rings (SSSR count). The van der Waals surface area contributed by atoms with Gasteiger partial charge in [0.1, 0.15) is 16.5 Å². The Kier molecular flexibility index (Phi) is 6.90.